The highest BCUT2D eigenvalue weighted by Crippen LogP contribution is 2.38. The van der Waals surface area contributed by atoms with Crippen molar-refractivity contribution in [1.29, 1.82) is 0 Å². The number of amides is 1. The summed E-state index contributed by atoms with van der Waals surface area (Å²) in [4.78, 5) is 25.7. The van der Waals surface area contributed by atoms with Crippen molar-refractivity contribution in [2.75, 3.05) is 32.1 Å². The SMILES string of the molecule is COc1ccc(Cl)cc1NCCC(=O)N1CCC(C(=O)O)(C(C)C)C1. The first-order valence-electron chi connectivity index (χ1n) is 8.38. The van der Waals surface area contributed by atoms with Gasteiger partial charge in [-0.25, -0.2) is 0 Å². The highest BCUT2D eigenvalue weighted by atomic mass is 35.5. The molecule has 1 amide bonds. The molecule has 1 saturated heterocycles. The number of halogens is 1. The van der Waals surface area contributed by atoms with Crippen molar-refractivity contribution in [2.45, 2.75) is 26.7 Å². The molecule has 1 aliphatic heterocycles. The van der Waals surface area contributed by atoms with Gasteiger partial charge in [0.2, 0.25) is 5.91 Å². The van der Waals surface area contributed by atoms with Crippen LogP contribution in [-0.2, 0) is 9.59 Å². The molecule has 1 aromatic rings. The van der Waals surface area contributed by atoms with Gasteiger partial charge in [-0.1, -0.05) is 25.4 Å². The van der Waals surface area contributed by atoms with Gasteiger partial charge in [0.15, 0.2) is 0 Å². The van der Waals surface area contributed by atoms with Crippen molar-refractivity contribution in [1.82, 2.24) is 4.90 Å². The van der Waals surface area contributed by atoms with E-state index in [0.29, 0.717) is 30.3 Å². The van der Waals surface area contributed by atoms with E-state index in [2.05, 4.69) is 5.32 Å². The Morgan fingerprint density at radius 3 is 2.72 bits per heavy atom. The van der Waals surface area contributed by atoms with Gasteiger partial charge in [-0.2, -0.15) is 0 Å². The van der Waals surface area contributed by atoms with Gasteiger partial charge in [-0.05, 0) is 30.5 Å². The van der Waals surface area contributed by atoms with Crippen molar-refractivity contribution in [3.05, 3.63) is 23.2 Å². The van der Waals surface area contributed by atoms with Crippen LogP contribution in [0.4, 0.5) is 5.69 Å². The summed E-state index contributed by atoms with van der Waals surface area (Å²) in [6.45, 7) is 4.99. The molecule has 0 aromatic heterocycles. The molecule has 7 heteroatoms. The lowest BCUT2D eigenvalue weighted by atomic mass is 9.76. The van der Waals surface area contributed by atoms with Crippen LogP contribution >= 0.6 is 11.6 Å². The number of anilines is 1. The summed E-state index contributed by atoms with van der Waals surface area (Å²) in [5.41, 5.74) is -0.106. The van der Waals surface area contributed by atoms with Crippen LogP contribution in [0.5, 0.6) is 5.75 Å². The third kappa shape index (κ3) is 4.18. The van der Waals surface area contributed by atoms with Crippen LogP contribution in [0.25, 0.3) is 0 Å². The molecule has 2 N–H and O–H groups in total. The summed E-state index contributed by atoms with van der Waals surface area (Å²) in [6.07, 6.45) is 0.782. The maximum atomic E-state index is 12.4. The van der Waals surface area contributed by atoms with E-state index < -0.39 is 11.4 Å². The number of hydrogen-bond acceptors (Lipinski definition) is 4. The van der Waals surface area contributed by atoms with E-state index in [-0.39, 0.29) is 24.8 Å². The number of benzene rings is 1. The highest BCUT2D eigenvalue weighted by molar-refractivity contribution is 6.30. The van der Waals surface area contributed by atoms with Crippen LogP contribution < -0.4 is 10.1 Å². The predicted octanol–water partition coefficient (Wildman–Crippen LogP) is 3.11. The lowest BCUT2D eigenvalue weighted by Crippen LogP contribution is -2.40. The lowest BCUT2D eigenvalue weighted by molar-refractivity contribution is -0.151. The van der Waals surface area contributed by atoms with E-state index >= 15 is 0 Å². The molecule has 1 fully saturated rings. The number of ether oxygens (including phenoxy) is 1. The molecular formula is C18H25ClN2O4. The number of carboxylic acids is 1. The number of methoxy groups -OCH3 is 1. The minimum atomic E-state index is -0.834. The summed E-state index contributed by atoms with van der Waals surface area (Å²) in [5, 5.41) is 13.3. The molecule has 2 rings (SSSR count). The molecule has 1 unspecified atom stereocenters. The summed E-state index contributed by atoms with van der Waals surface area (Å²) < 4.78 is 5.26. The summed E-state index contributed by atoms with van der Waals surface area (Å²) in [5.74, 6) is -0.226. The zero-order chi connectivity index (χ0) is 18.6. The van der Waals surface area contributed by atoms with Crippen molar-refractivity contribution < 1.29 is 19.4 Å². The van der Waals surface area contributed by atoms with Crippen LogP contribution in [-0.4, -0.2) is 48.6 Å². The average molecular weight is 369 g/mol. The van der Waals surface area contributed by atoms with E-state index in [1.807, 2.05) is 13.8 Å². The third-order valence-electron chi connectivity index (χ3n) is 5.00. The Kier molecular flexibility index (Phi) is 6.16. The molecule has 1 aromatic carbocycles. The van der Waals surface area contributed by atoms with Gasteiger partial charge in [0.05, 0.1) is 18.2 Å². The Hall–Kier alpha value is -1.95. The molecule has 0 saturated carbocycles. The Balaban J connectivity index is 1.92. The lowest BCUT2D eigenvalue weighted by Gasteiger charge is -2.28. The van der Waals surface area contributed by atoms with Crippen LogP contribution in [0.1, 0.15) is 26.7 Å². The largest absolute Gasteiger partial charge is 0.495 e. The number of carbonyl (C=O) groups is 2. The summed E-state index contributed by atoms with van der Waals surface area (Å²) in [6, 6.07) is 5.24. The van der Waals surface area contributed by atoms with E-state index in [0.717, 1.165) is 5.69 Å². The molecule has 1 atom stereocenters. The molecule has 0 bridgehead atoms. The van der Waals surface area contributed by atoms with Gasteiger partial charge in [-0.3, -0.25) is 9.59 Å². The summed E-state index contributed by atoms with van der Waals surface area (Å²) >= 11 is 5.98. The number of likely N-dealkylation sites (tertiary alicyclic amines) is 1. The second-order valence-electron chi connectivity index (χ2n) is 6.70. The Labute approximate surface area is 153 Å². The Bertz CT molecular complexity index is 650. The first-order chi connectivity index (χ1) is 11.8. The standard InChI is InChI=1S/C18H25ClN2O4/c1-12(2)18(17(23)24)7-9-21(11-18)16(22)6-8-20-14-10-13(19)4-5-15(14)25-3/h4-5,10,12,20H,6-9,11H2,1-3H3,(H,23,24). The van der Waals surface area contributed by atoms with Gasteiger partial charge in [-0.15, -0.1) is 0 Å². The molecule has 1 heterocycles. The minimum absolute atomic E-state index is 0.0170. The smallest absolute Gasteiger partial charge is 0.311 e. The van der Waals surface area contributed by atoms with E-state index in [1.54, 1.807) is 30.2 Å². The minimum Gasteiger partial charge on any atom is -0.495 e. The molecule has 1 aliphatic rings. The molecule has 138 valence electrons. The fraction of sp³-hybridized carbons (Fsp3) is 0.556. The second kappa shape index (κ2) is 7.95. The average Bonchev–Trinajstić information content (AvgIpc) is 3.02. The Morgan fingerprint density at radius 1 is 1.44 bits per heavy atom. The van der Waals surface area contributed by atoms with Gasteiger partial charge < -0.3 is 20.1 Å². The maximum Gasteiger partial charge on any atom is 0.311 e. The molecule has 6 nitrogen and oxygen atoms in total. The number of rotatable bonds is 7. The van der Waals surface area contributed by atoms with Crippen LogP contribution in [0.3, 0.4) is 0 Å². The van der Waals surface area contributed by atoms with Gasteiger partial charge in [0.25, 0.3) is 0 Å². The first-order valence-corrected chi connectivity index (χ1v) is 8.76. The number of carboxylic acid groups (broad SMARTS) is 1. The number of nitrogens with zero attached hydrogens (tertiary/aromatic N) is 1. The first kappa shape index (κ1) is 19.4. The van der Waals surface area contributed by atoms with Crippen molar-refractivity contribution in [3.8, 4) is 5.75 Å². The number of hydrogen-bond donors (Lipinski definition) is 2. The van der Waals surface area contributed by atoms with Gasteiger partial charge in [0.1, 0.15) is 5.75 Å². The quantitative estimate of drug-likeness (QED) is 0.773. The number of aliphatic carboxylic acids is 1. The normalized spacial score (nSPS) is 20.0. The second-order valence-corrected chi connectivity index (χ2v) is 7.14. The van der Waals surface area contributed by atoms with E-state index in [1.165, 1.54) is 0 Å². The van der Waals surface area contributed by atoms with Crippen molar-refractivity contribution in [3.63, 3.8) is 0 Å². The highest BCUT2D eigenvalue weighted by Gasteiger charge is 2.48. The van der Waals surface area contributed by atoms with Crippen molar-refractivity contribution >= 4 is 29.2 Å². The number of nitrogens with one attached hydrogen (secondary N) is 1. The third-order valence-corrected chi connectivity index (χ3v) is 5.24. The van der Waals surface area contributed by atoms with Crippen LogP contribution in [0.2, 0.25) is 5.02 Å². The Morgan fingerprint density at radius 2 is 2.16 bits per heavy atom. The topological polar surface area (TPSA) is 78.9 Å². The fourth-order valence-corrected chi connectivity index (χ4v) is 3.39. The predicted molar refractivity (Wildman–Crippen MR) is 97.2 cm³/mol. The fourth-order valence-electron chi connectivity index (χ4n) is 3.22. The zero-order valence-electron chi connectivity index (χ0n) is 14.8. The van der Waals surface area contributed by atoms with Gasteiger partial charge >= 0.3 is 5.97 Å². The maximum absolute atomic E-state index is 12.4. The monoisotopic (exact) mass is 368 g/mol. The zero-order valence-corrected chi connectivity index (χ0v) is 15.6. The van der Waals surface area contributed by atoms with E-state index in [4.69, 9.17) is 16.3 Å². The molecule has 0 aliphatic carbocycles. The molecule has 0 radical (unpaired) electrons. The molecule has 25 heavy (non-hydrogen) atoms. The number of carbonyl (C=O) groups excluding carboxylic acids is 1. The molecular weight excluding hydrogens is 344 g/mol. The summed E-state index contributed by atoms with van der Waals surface area (Å²) in [7, 11) is 1.57. The van der Waals surface area contributed by atoms with Gasteiger partial charge in [0, 0.05) is 31.1 Å². The van der Waals surface area contributed by atoms with Crippen LogP contribution in [0.15, 0.2) is 18.2 Å². The molecule has 0 spiro atoms. The van der Waals surface area contributed by atoms with Crippen molar-refractivity contribution in [2.24, 2.45) is 11.3 Å². The van der Waals surface area contributed by atoms with E-state index in [9.17, 15) is 14.7 Å². The van der Waals surface area contributed by atoms with Crippen LogP contribution in [0, 0.1) is 11.3 Å².